The van der Waals surface area contributed by atoms with Gasteiger partial charge in [-0.3, -0.25) is 9.13 Å². The van der Waals surface area contributed by atoms with Crippen molar-refractivity contribution in [2.45, 2.75) is 0 Å². The van der Waals surface area contributed by atoms with Gasteiger partial charge in [0.25, 0.3) is 0 Å². The molecule has 0 aliphatic heterocycles. The van der Waals surface area contributed by atoms with E-state index in [1.165, 1.54) is 16.2 Å². The molecule has 0 N–H and O–H groups in total. The van der Waals surface area contributed by atoms with Crippen molar-refractivity contribution in [2.75, 3.05) is 0 Å². The minimum atomic E-state index is 0.605. The number of hydrogen-bond donors (Lipinski definition) is 0. The van der Waals surface area contributed by atoms with Crippen LogP contribution in [0.4, 0.5) is 0 Å². The first-order valence-electron chi connectivity index (χ1n) is 18.5. The summed E-state index contributed by atoms with van der Waals surface area (Å²) < 4.78 is 9.02. The maximum Gasteiger partial charge on any atom is 0.237 e. The van der Waals surface area contributed by atoms with E-state index in [0.29, 0.717) is 5.95 Å². The second-order valence-corrected chi connectivity index (χ2v) is 14.2. The Morgan fingerprint density at radius 1 is 0.418 bits per heavy atom. The van der Waals surface area contributed by atoms with E-state index in [1.54, 1.807) is 0 Å². The Bertz CT molecular complexity index is 3450. The average molecular weight is 706 g/mol. The van der Waals surface area contributed by atoms with Gasteiger partial charge in [0, 0.05) is 56.7 Å². The van der Waals surface area contributed by atoms with E-state index in [1.807, 2.05) is 19.4 Å². The minimum Gasteiger partial charge on any atom is -0.334 e. The minimum absolute atomic E-state index is 0.605. The van der Waals surface area contributed by atoms with Crippen molar-refractivity contribution < 1.29 is 0 Å². The first kappa shape index (κ1) is 30.0. The highest BCUT2D eigenvalue weighted by Gasteiger charge is 2.24. The number of hydrogen-bond acceptors (Lipinski definition) is 3. The summed E-state index contributed by atoms with van der Waals surface area (Å²) in [5.41, 5.74) is 11.5. The molecule has 0 fully saturated rings. The van der Waals surface area contributed by atoms with Crippen LogP contribution in [0.3, 0.4) is 0 Å². The molecule has 12 aromatic rings. The fraction of sp³-hybridized carbons (Fsp3) is 0.0208. The Morgan fingerprint density at radius 3 is 1.58 bits per heavy atom. The molecule has 7 heteroatoms. The Balaban J connectivity index is 1.25. The second-order valence-electron chi connectivity index (χ2n) is 14.2. The van der Waals surface area contributed by atoms with Crippen LogP contribution in [0.5, 0.6) is 0 Å². The summed E-state index contributed by atoms with van der Waals surface area (Å²) in [4.78, 5) is 15.7. The van der Waals surface area contributed by atoms with Crippen LogP contribution in [-0.2, 0) is 7.05 Å². The Morgan fingerprint density at radius 2 is 0.945 bits per heavy atom. The van der Waals surface area contributed by atoms with Gasteiger partial charge in [-0.2, -0.15) is 4.98 Å². The summed E-state index contributed by atoms with van der Waals surface area (Å²) >= 11 is 0. The van der Waals surface area contributed by atoms with Crippen LogP contribution >= 0.6 is 0 Å². The number of rotatable bonds is 4. The molecule has 0 radical (unpaired) electrons. The number of aromatic nitrogens is 7. The Kier molecular flexibility index (Phi) is 6.13. The van der Waals surface area contributed by atoms with E-state index in [9.17, 15) is 0 Å². The van der Waals surface area contributed by atoms with Crippen molar-refractivity contribution in [3.05, 3.63) is 170 Å². The lowest BCUT2D eigenvalue weighted by molar-refractivity contribution is 0.947. The zero-order chi connectivity index (χ0) is 36.2. The Labute approximate surface area is 314 Å². The maximum atomic E-state index is 5.54. The molecule has 12 rings (SSSR count). The highest BCUT2D eigenvalue weighted by atomic mass is 15.2. The molecule has 258 valence electrons. The van der Waals surface area contributed by atoms with Crippen molar-refractivity contribution in [1.29, 1.82) is 0 Å². The molecule has 7 aromatic carbocycles. The first-order valence-corrected chi connectivity index (χ1v) is 18.5. The summed E-state index contributed by atoms with van der Waals surface area (Å²) in [6, 6.07) is 58.1. The van der Waals surface area contributed by atoms with Crippen LogP contribution in [0.2, 0.25) is 0 Å². The van der Waals surface area contributed by atoms with Crippen molar-refractivity contribution in [1.82, 2.24) is 33.2 Å². The van der Waals surface area contributed by atoms with Crippen LogP contribution < -0.4 is 0 Å². The number of nitrogens with zero attached hydrogens (tertiary/aromatic N) is 7. The molecule has 55 heavy (non-hydrogen) atoms. The standard InChI is InChI=1S/C48H31N7/c1-52-29-49-39-27-31(23-26-44(39)52)53-40-19-9-7-17-34(40)36-24-25-37-35-18-8-12-22-43(35)55(47(37)46(36)53)48-50-38(30-13-3-2-4-14-30)28-45(51-48)54-41-20-10-5-15-32(41)33-16-6-11-21-42(33)54/h2-29H,1H3. The average Bonchev–Trinajstić information content (AvgIpc) is 3.98. The van der Waals surface area contributed by atoms with Gasteiger partial charge in [-0.25, -0.2) is 9.97 Å². The van der Waals surface area contributed by atoms with Gasteiger partial charge in [-0.15, -0.1) is 0 Å². The van der Waals surface area contributed by atoms with Crippen LogP contribution in [-0.4, -0.2) is 33.2 Å². The monoisotopic (exact) mass is 705 g/mol. The van der Waals surface area contributed by atoms with E-state index in [0.717, 1.165) is 83.1 Å². The lowest BCUT2D eigenvalue weighted by Gasteiger charge is -2.15. The molecular weight excluding hydrogens is 675 g/mol. The fourth-order valence-electron chi connectivity index (χ4n) is 8.80. The largest absolute Gasteiger partial charge is 0.334 e. The molecule has 0 atom stereocenters. The molecule has 0 amide bonds. The molecule has 7 nitrogen and oxygen atoms in total. The summed E-state index contributed by atoms with van der Waals surface area (Å²) in [5.74, 6) is 1.41. The molecule has 5 heterocycles. The smallest absolute Gasteiger partial charge is 0.237 e. The zero-order valence-corrected chi connectivity index (χ0v) is 29.8. The van der Waals surface area contributed by atoms with Crippen LogP contribution in [0, 0.1) is 0 Å². The molecule has 0 bridgehead atoms. The highest BCUT2D eigenvalue weighted by Crippen LogP contribution is 2.42. The zero-order valence-electron chi connectivity index (χ0n) is 29.8. The lowest BCUT2D eigenvalue weighted by Crippen LogP contribution is -2.08. The molecule has 0 spiro atoms. The molecule has 0 saturated heterocycles. The molecule has 0 aliphatic carbocycles. The molecule has 5 aromatic heterocycles. The van der Waals surface area contributed by atoms with Crippen LogP contribution in [0.15, 0.2) is 170 Å². The van der Waals surface area contributed by atoms with Gasteiger partial charge in [0.2, 0.25) is 5.95 Å². The van der Waals surface area contributed by atoms with Gasteiger partial charge >= 0.3 is 0 Å². The predicted octanol–water partition coefficient (Wildman–Crippen LogP) is 11.3. The molecular formula is C48H31N7. The summed E-state index contributed by atoms with van der Waals surface area (Å²) in [5, 5.41) is 7.00. The van der Waals surface area contributed by atoms with E-state index < -0.39 is 0 Å². The molecule has 0 unspecified atom stereocenters. The van der Waals surface area contributed by atoms with Gasteiger partial charge < -0.3 is 9.13 Å². The Hall–Kier alpha value is -7.51. The number of aryl methyl sites for hydroxylation is 1. The third kappa shape index (κ3) is 4.23. The van der Waals surface area contributed by atoms with Gasteiger partial charge in [-0.05, 0) is 42.5 Å². The number of imidazole rings is 1. The second kappa shape index (κ2) is 11.2. The highest BCUT2D eigenvalue weighted by molar-refractivity contribution is 6.23. The topological polar surface area (TPSA) is 58.4 Å². The molecule has 0 aliphatic rings. The van der Waals surface area contributed by atoms with E-state index in [2.05, 4.69) is 176 Å². The summed E-state index contributed by atoms with van der Waals surface area (Å²) in [6.07, 6.45) is 1.88. The van der Waals surface area contributed by atoms with E-state index in [-0.39, 0.29) is 0 Å². The van der Waals surface area contributed by atoms with Gasteiger partial charge in [0.15, 0.2) is 0 Å². The third-order valence-electron chi connectivity index (χ3n) is 11.2. The van der Waals surface area contributed by atoms with Crippen LogP contribution in [0.25, 0.3) is 105 Å². The number of benzene rings is 7. The lowest BCUT2D eigenvalue weighted by atomic mass is 10.1. The normalized spacial score (nSPS) is 12.1. The summed E-state index contributed by atoms with van der Waals surface area (Å²) in [6.45, 7) is 0. The van der Waals surface area contributed by atoms with Crippen LogP contribution in [0.1, 0.15) is 0 Å². The van der Waals surface area contributed by atoms with Crippen molar-refractivity contribution in [3.8, 4) is 28.7 Å². The number of para-hydroxylation sites is 4. The van der Waals surface area contributed by atoms with Gasteiger partial charge in [-0.1, -0.05) is 115 Å². The van der Waals surface area contributed by atoms with Crippen molar-refractivity contribution in [2.24, 2.45) is 7.05 Å². The van der Waals surface area contributed by atoms with Gasteiger partial charge in [0.05, 0.1) is 56.2 Å². The van der Waals surface area contributed by atoms with Crippen molar-refractivity contribution >= 4 is 76.5 Å². The molecule has 0 saturated carbocycles. The third-order valence-corrected chi connectivity index (χ3v) is 11.2. The van der Waals surface area contributed by atoms with E-state index >= 15 is 0 Å². The van der Waals surface area contributed by atoms with Gasteiger partial charge in [0.1, 0.15) is 5.82 Å². The fourth-order valence-corrected chi connectivity index (χ4v) is 8.80. The summed E-state index contributed by atoms with van der Waals surface area (Å²) in [7, 11) is 2.04. The first-order chi connectivity index (χ1) is 27.2. The maximum absolute atomic E-state index is 5.54. The quantitative estimate of drug-likeness (QED) is 0.183. The SMILES string of the molecule is Cn1cnc2cc(-n3c4ccccc4c4ccc5c6ccccc6n(-c6nc(-c7ccccc7)cc(-n7c8ccccc8c8ccccc87)n6)c5c43)ccc21. The van der Waals surface area contributed by atoms with E-state index in [4.69, 9.17) is 15.0 Å². The van der Waals surface area contributed by atoms with Crippen molar-refractivity contribution in [3.63, 3.8) is 0 Å². The predicted molar refractivity (Wildman–Crippen MR) is 225 cm³/mol. The number of fused-ring (bicyclic) bond motifs is 11.